The molecule has 3 rings (SSSR count). The van der Waals surface area contributed by atoms with Gasteiger partial charge in [-0.3, -0.25) is 19.4 Å². The number of aromatic nitrogens is 2. The van der Waals surface area contributed by atoms with Crippen molar-refractivity contribution < 1.29 is 29.0 Å². The average molecular weight is 300 g/mol. The maximum atomic E-state index is 11.4. The Bertz CT molecular complexity index is 533. The quantitative estimate of drug-likeness (QED) is 0.684. The minimum atomic E-state index is -0.777. The number of hydrogen-bond acceptors (Lipinski definition) is 6. The number of amides is 2. The predicted molar refractivity (Wildman–Crippen MR) is 65.5 cm³/mol. The minimum Gasteiger partial charge on any atom is -0.481 e. The van der Waals surface area contributed by atoms with Crippen LogP contribution >= 0.6 is 0 Å². The summed E-state index contributed by atoms with van der Waals surface area (Å²) >= 11 is 0. The summed E-state index contributed by atoms with van der Waals surface area (Å²) in [5, 5.41) is 11.8. The van der Waals surface area contributed by atoms with Gasteiger partial charge in [-0.05, 0) is 12.8 Å². The van der Waals surface area contributed by atoms with Crippen molar-refractivity contribution in [3.8, 4) is 0 Å². The number of carbonyl (C=O) groups excluding carboxylic acids is 2. The third-order valence-corrected chi connectivity index (χ3v) is 3.77. The number of carbonyl (C=O) groups is 3. The average Bonchev–Trinajstić information content (AvgIpc) is 3.18. The van der Waals surface area contributed by atoms with Gasteiger partial charge in [0.1, 0.15) is 5.02 Å². The van der Waals surface area contributed by atoms with E-state index in [0.29, 0.717) is 25.9 Å². The van der Waals surface area contributed by atoms with Crippen molar-refractivity contribution in [3.05, 3.63) is 0 Å². The molecular weight excluding hydrogens is 284 g/mol. The summed E-state index contributed by atoms with van der Waals surface area (Å²) in [6.07, 6.45) is 1.50. The molecule has 0 bridgehead atoms. The van der Waals surface area contributed by atoms with E-state index in [4.69, 9.17) is 14.6 Å². The summed E-state index contributed by atoms with van der Waals surface area (Å²) < 4.78 is 5.06. The Balaban J connectivity index is 1.46. The zero-order valence-electron chi connectivity index (χ0n) is 11.3. The van der Waals surface area contributed by atoms with Gasteiger partial charge in [0, 0.05) is 30.9 Å². The van der Waals surface area contributed by atoms with Crippen molar-refractivity contribution >= 4 is 17.8 Å². The van der Waals surface area contributed by atoms with Gasteiger partial charge in [0.25, 0.3) is 0 Å². The first-order valence-corrected chi connectivity index (χ1v) is 6.78. The lowest BCUT2D eigenvalue weighted by Gasteiger charge is -2.26. The van der Waals surface area contributed by atoms with Crippen LogP contribution in [0, 0.1) is 5.92 Å². The molecule has 0 radical (unpaired) electrons. The normalized spacial score (nSPS) is 20.6. The number of hydrogen-bond donors (Lipinski definition) is 1. The third-order valence-electron chi connectivity index (χ3n) is 3.77. The number of likely N-dealkylation sites (tertiary alicyclic amines) is 1. The van der Waals surface area contributed by atoms with Crippen LogP contribution in [-0.4, -0.2) is 57.6 Å². The number of carboxylic acids is 1. The molecule has 2 aliphatic rings. The van der Waals surface area contributed by atoms with E-state index in [1.807, 2.05) is 0 Å². The van der Waals surface area contributed by atoms with Crippen molar-refractivity contribution in [1.82, 2.24) is 14.9 Å². The molecule has 1 N–H and O–H groups in total. The highest BCUT2D eigenvalue weighted by molar-refractivity contribution is 6.01. The van der Waals surface area contributed by atoms with Gasteiger partial charge < -0.3 is 9.94 Å². The zero-order valence-corrected chi connectivity index (χ0v) is 11.3. The van der Waals surface area contributed by atoms with Crippen LogP contribution in [0.15, 0.2) is 4.63 Å². The minimum absolute atomic E-state index is 0.181. The second-order valence-corrected chi connectivity index (χ2v) is 5.11. The highest BCUT2D eigenvalue weighted by Crippen LogP contribution is 2.17. The molecule has 116 valence electrons. The van der Waals surface area contributed by atoms with Crippen LogP contribution in [0.25, 0.3) is 0 Å². The number of piperidine rings is 1. The lowest BCUT2D eigenvalue weighted by atomic mass is 9.98. The van der Waals surface area contributed by atoms with Gasteiger partial charge in [-0.25, -0.2) is 4.90 Å². The molecule has 0 unspecified atom stereocenters. The number of nitrogens with zero attached hydrogens (tertiary/aromatic N) is 4. The molecule has 2 saturated heterocycles. The standard InChI is InChI=1S/C11H16N4O6/c16-9-1-2-10(17)13(9)7-20-15-14(21-15)12-5-3-8(4-6-12)11(18)19/h8H,1-7H2,(H,18,19). The molecule has 1 aromatic rings. The highest BCUT2D eigenvalue weighted by Gasteiger charge is 2.32. The Kier molecular flexibility index (Phi) is 3.35. The molecule has 0 saturated carbocycles. The zero-order chi connectivity index (χ0) is 15.0. The molecule has 3 heterocycles. The van der Waals surface area contributed by atoms with E-state index in [2.05, 4.69) is 0 Å². The summed E-state index contributed by atoms with van der Waals surface area (Å²) in [5.41, 5.74) is 0. The second kappa shape index (κ2) is 5.19. The SMILES string of the molecule is O=C(O)C1CCN(n2on2OCN2C(=O)CCC2=O)CC1. The van der Waals surface area contributed by atoms with E-state index in [9.17, 15) is 14.4 Å². The van der Waals surface area contributed by atoms with Crippen LogP contribution in [0.5, 0.6) is 0 Å². The number of imide groups is 1. The van der Waals surface area contributed by atoms with Crippen molar-refractivity contribution in [2.75, 3.05) is 24.8 Å². The maximum absolute atomic E-state index is 11.4. The smallest absolute Gasteiger partial charge is 0.306 e. The fourth-order valence-electron chi connectivity index (χ4n) is 2.43. The van der Waals surface area contributed by atoms with Gasteiger partial charge in [-0.15, -0.1) is 0 Å². The molecule has 0 aliphatic carbocycles. The summed E-state index contributed by atoms with van der Waals surface area (Å²) in [5.74, 6) is -1.61. The summed E-state index contributed by atoms with van der Waals surface area (Å²) in [7, 11) is 0. The van der Waals surface area contributed by atoms with Crippen LogP contribution in [0.4, 0.5) is 0 Å². The maximum Gasteiger partial charge on any atom is 0.306 e. The Morgan fingerprint density at radius 1 is 1.24 bits per heavy atom. The lowest BCUT2D eigenvalue weighted by Crippen LogP contribution is -2.42. The first-order valence-electron chi connectivity index (χ1n) is 6.78. The van der Waals surface area contributed by atoms with Crippen LogP contribution in [0.1, 0.15) is 25.7 Å². The van der Waals surface area contributed by atoms with E-state index in [1.54, 1.807) is 5.01 Å². The molecule has 0 atom stereocenters. The largest absolute Gasteiger partial charge is 0.481 e. The Morgan fingerprint density at radius 2 is 1.86 bits per heavy atom. The van der Waals surface area contributed by atoms with Gasteiger partial charge in [0.05, 0.1) is 5.92 Å². The Hall–Kier alpha value is -2.39. The van der Waals surface area contributed by atoms with E-state index < -0.39 is 5.97 Å². The van der Waals surface area contributed by atoms with Gasteiger partial charge in [-0.1, -0.05) is 0 Å². The fourth-order valence-corrected chi connectivity index (χ4v) is 2.43. The number of carboxylic acid groups (broad SMARTS) is 1. The molecule has 10 heteroatoms. The molecule has 10 nitrogen and oxygen atoms in total. The molecule has 0 aromatic carbocycles. The number of aliphatic carboxylic acids is 1. The van der Waals surface area contributed by atoms with Crippen LogP contribution in [0.2, 0.25) is 0 Å². The van der Waals surface area contributed by atoms with E-state index >= 15 is 0 Å². The van der Waals surface area contributed by atoms with Crippen molar-refractivity contribution in [2.24, 2.45) is 5.92 Å². The monoisotopic (exact) mass is 300 g/mol. The second-order valence-electron chi connectivity index (χ2n) is 5.11. The molecule has 2 amide bonds. The fraction of sp³-hybridized carbons (Fsp3) is 0.727. The highest BCUT2D eigenvalue weighted by atomic mass is 17.0. The topological polar surface area (TPSA) is 110 Å². The van der Waals surface area contributed by atoms with Crippen molar-refractivity contribution in [1.29, 1.82) is 0 Å². The van der Waals surface area contributed by atoms with Gasteiger partial charge in [0.15, 0.2) is 0 Å². The predicted octanol–water partition coefficient (Wildman–Crippen LogP) is -1.15. The molecular formula is C11H16N4O6. The number of rotatable bonds is 5. The first-order chi connectivity index (χ1) is 10.1. The van der Waals surface area contributed by atoms with Gasteiger partial charge >= 0.3 is 5.97 Å². The van der Waals surface area contributed by atoms with Crippen LogP contribution in [-0.2, 0) is 14.4 Å². The van der Waals surface area contributed by atoms with Crippen molar-refractivity contribution in [2.45, 2.75) is 25.7 Å². The van der Waals surface area contributed by atoms with Crippen molar-refractivity contribution in [3.63, 3.8) is 0 Å². The molecule has 0 spiro atoms. The molecule has 2 aliphatic heterocycles. The van der Waals surface area contributed by atoms with E-state index in [-0.39, 0.29) is 37.3 Å². The molecule has 21 heavy (non-hydrogen) atoms. The van der Waals surface area contributed by atoms with Gasteiger partial charge in [-0.2, -0.15) is 4.63 Å². The summed E-state index contributed by atoms with van der Waals surface area (Å²) in [4.78, 5) is 41.2. The Morgan fingerprint density at radius 3 is 2.43 bits per heavy atom. The van der Waals surface area contributed by atoms with Crippen LogP contribution < -0.4 is 9.85 Å². The summed E-state index contributed by atoms with van der Waals surface area (Å²) in [6, 6.07) is 0. The third kappa shape index (κ3) is 2.73. The van der Waals surface area contributed by atoms with Crippen LogP contribution in [0.3, 0.4) is 0 Å². The summed E-state index contributed by atoms with van der Waals surface area (Å²) in [6.45, 7) is 0.899. The van der Waals surface area contributed by atoms with Gasteiger partial charge in [0.2, 0.25) is 18.5 Å². The van der Waals surface area contributed by atoms with E-state index in [1.165, 1.54) is 4.96 Å². The molecule has 2 fully saturated rings. The first kappa shape index (κ1) is 13.6. The van der Waals surface area contributed by atoms with E-state index in [0.717, 1.165) is 9.92 Å². The lowest BCUT2D eigenvalue weighted by molar-refractivity contribution is -0.146. The molecule has 1 aromatic heterocycles. The Labute approximate surface area is 119 Å².